The van der Waals surface area contributed by atoms with E-state index in [4.69, 9.17) is 5.73 Å². The van der Waals surface area contributed by atoms with Crippen molar-refractivity contribution in [2.45, 2.75) is 57.2 Å². The molecule has 8 heteroatoms. The Labute approximate surface area is 165 Å². The summed E-state index contributed by atoms with van der Waals surface area (Å²) in [7, 11) is 0. The quantitative estimate of drug-likeness (QED) is 0.522. The van der Waals surface area contributed by atoms with Crippen LogP contribution in [0.1, 0.15) is 38.2 Å². The number of nitrogens with one attached hydrogen (secondary N) is 3. The van der Waals surface area contributed by atoms with Crippen LogP contribution < -0.4 is 21.7 Å². The van der Waals surface area contributed by atoms with Gasteiger partial charge < -0.3 is 26.6 Å². The molecule has 5 N–H and O–H groups in total. The molecule has 3 atom stereocenters. The smallest absolute Gasteiger partial charge is 0.319 e. The van der Waals surface area contributed by atoms with Crippen LogP contribution in [0.3, 0.4) is 0 Å². The first-order valence-corrected chi connectivity index (χ1v) is 9.99. The zero-order chi connectivity index (χ0) is 20.1. The van der Waals surface area contributed by atoms with E-state index >= 15 is 0 Å². The molecule has 0 aromatic heterocycles. The largest absolute Gasteiger partial charge is 0.343 e. The topological polar surface area (TPSA) is 117 Å². The molecule has 4 amide bonds. The maximum Gasteiger partial charge on any atom is 0.319 e. The van der Waals surface area contributed by atoms with Crippen LogP contribution in [0.2, 0.25) is 0 Å². The molecule has 2 heterocycles. The standard InChI is InChI=1S/C20H29N5O3/c1-2-13-6-8-14(9-7-13)22-20(28)23-15-11-17-18(26)24-16(5-3-4-10-21)19(27)25(17)12-15/h6-9,15-17H,2-5,10-12,21H2,1H3,(H,24,26)(H2,22,23,28)/t15-,16-,17-/m0/s1. The molecule has 0 spiro atoms. The Bertz CT molecular complexity index is 721. The lowest BCUT2D eigenvalue weighted by atomic mass is 10.0. The Morgan fingerprint density at radius 1 is 1.25 bits per heavy atom. The fraction of sp³-hybridized carbons (Fsp3) is 0.550. The number of carbonyl (C=O) groups is 3. The van der Waals surface area contributed by atoms with Gasteiger partial charge in [-0.1, -0.05) is 19.1 Å². The highest BCUT2D eigenvalue weighted by molar-refractivity contribution is 5.98. The molecule has 3 rings (SSSR count). The average molecular weight is 387 g/mol. The summed E-state index contributed by atoms with van der Waals surface area (Å²) >= 11 is 0. The van der Waals surface area contributed by atoms with E-state index in [0.29, 0.717) is 31.6 Å². The number of hydrogen-bond donors (Lipinski definition) is 4. The molecule has 0 aliphatic carbocycles. The van der Waals surface area contributed by atoms with E-state index in [1.54, 1.807) is 4.90 Å². The zero-order valence-electron chi connectivity index (χ0n) is 16.2. The SMILES string of the molecule is CCc1ccc(NC(=O)N[C@H]2C[C@H]3C(=O)N[C@@H](CCCCN)C(=O)N3C2)cc1. The molecule has 152 valence electrons. The number of aryl methyl sites for hydroxylation is 1. The van der Waals surface area contributed by atoms with Gasteiger partial charge in [-0.05, 0) is 56.3 Å². The number of urea groups is 1. The summed E-state index contributed by atoms with van der Waals surface area (Å²) in [6.45, 7) is 3.00. The fourth-order valence-electron chi connectivity index (χ4n) is 3.83. The average Bonchev–Trinajstić information content (AvgIpc) is 3.11. The van der Waals surface area contributed by atoms with E-state index in [-0.39, 0.29) is 23.9 Å². The van der Waals surface area contributed by atoms with Gasteiger partial charge in [0.05, 0.1) is 6.04 Å². The highest BCUT2D eigenvalue weighted by atomic mass is 16.2. The fourth-order valence-corrected chi connectivity index (χ4v) is 3.83. The van der Waals surface area contributed by atoms with Gasteiger partial charge in [-0.15, -0.1) is 0 Å². The molecule has 1 aromatic carbocycles. The van der Waals surface area contributed by atoms with Gasteiger partial charge in [-0.2, -0.15) is 0 Å². The van der Waals surface area contributed by atoms with Gasteiger partial charge in [-0.3, -0.25) is 9.59 Å². The molecular formula is C20H29N5O3. The van der Waals surface area contributed by atoms with Crippen LogP contribution in [0.5, 0.6) is 0 Å². The summed E-state index contributed by atoms with van der Waals surface area (Å²) in [5.41, 5.74) is 7.40. The van der Waals surface area contributed by atoms with Crippen molar-refractivity contribution in [1.29, 1.82) is 0 Å². The first kappa shape index (κ1) is 20.1. The van der Waals surface area contributed by atoms with Gasteiger partial charge in [-0.25, -0.2) is 4.79 Å². The zero-order valence-corrected chi connectivity index (χ0v) is 16.2. The van der Waals surface area contributed by atoms with Crippen LogP contribution in [-0.2, 0) is 16.0 Å². The normalized spacial score (nSPS) is 23.9. The van der Waals surface area contributed by atoms with Crippen LogP contribution in [-0.4, -0.2) is 54.0 Å². The second kappa shape index (κ2) is 9.05. The minimum Gasteiger partial charge on any atom is -0.343 e. The summed E-state index contributed by atoms with van der Waals surface area (Å²) < 4.78 is 0. The summed E-state index contributed by atoms with van der Waals surface area (Å²) in [4.78, 5) is 39.0. The van der Waals surface area contributed by atoms with Gasteiger partial charge in [0.1, 0.15) is 12.1 Å². The lowest BCUT2D eigenvalue weighted by Crippen LogP contribution is -2.61. The molecule has 2 saturated heterocycles. The van der Waals surface area contributed by atoms with Crippen LogP contribution in [0.4, 0.5) is 10.5 Å². The molecule has 8 nitrogen and oxygen atoms in total. The number of amides is 4. The number of rotatable bonds is 7. The van der Waals surface area contributed by atoms with Crippen molar-refractivity contribution in [3.8, 4) is 0 Å². The second-order valence-corrected chi connectivity index (χ2v) is 7.43. The minimum atomic E-state index is -0.507. The first-order chi connectivity index (χ1) is 13.5. The van der Waals surface area contributed by atoms with E-state index in [9.17, 15) is 14.4 Å². The van der Waals surface area contributed by atoms with Crippen molar-refractivity contribution >= 4 is 23.5 Å². The summed E-state index contributed by atoms with van der Waals surface area (Å²) in [6, 6.07) is 6.09. The van der Waals surface area contributed by atoms with Crippen LogP contribution in [0.25, 0.3) is 0 Å². The summed E-state index contributed by atoms with van der Waals surface area (Å²) in [6.07, 6.45) is 3.58. The number of benzene rings is 1. The molecule has 0 saturated carbocycles. The number of hydrogen-bond acceptors (Lipinski definition) is 4. The number of anilines is 1. The third-order valence-electron chi connectivity index (χ3n) is 5.40. The van der Waals surface area contributed by atoms with Gasteiger partial charge >= 0.3 is 6.03 Å². The molecule has 2 fully saturated rings. The van der Waals surface area contributed by atoms with Crippen molar-refractivity contribution in [3.05, 3.63) is 29.8 Å². The molecule has 0 radical (unpaired) electrons. The molecule has 0 unspecified atom stereocenters. The van der Waals surface area contributed by atoms with Gasteiger partial charge in [0.2, 0.25) is 11.8 Å². The molecule has 2 aliphatic rings. The van der Waals surface area contributed by atoms with E-state index in [1.807, 2.05) is 24.3 Å². The maximum absolute atomic E-state index is 12.7. The highest BCUT2D eigenvalue weighted by Gasteiger charge is 2.46. The third kappa shape index (κ3) is 4.62. The number of unbranched alkanes of at least 4 members (excludes halogenated alkanes) is 1. The van der Waals surface area contributed by atoms with Crippen molar-refractivity contribution in [3.63, 3.8) is 0 Å². The maximum atomic E-state index is 12.7. The van der Waals surface area contributed by atoms with Crippen LogP contribution in [0, 0.1) is 0 Å². The Balaban J connectivity index is 1.54. The minimum absolute atomic E-state index is 0.0681. The second-order valence-electron chi connectivity index (χ2n) is 7.43. The van der Waals surface area contributed by atoms with Crippen molar-refractivity contribution in [2.75, 3.05) is 18.4 Å². The van der Waals surface area contributed by atoms with Crippen LogP contribution in [0.15, 0.2) is 24.3 Å². The summed E-state index contributed by atoms with van der Waals surface area (Å²) in [5, 5.41) is 8.50. The van der Waals surface area contributed by atoms with Crippen molar-refractivity contribution < 1.29 is 14.4 Å². The Kier molecular flexibility index (Phi) is 6.51. The molecule has 1 aromatic rings. The Hall–Kier alpha value is -2.61. The molecule has 2 aliphatic heterocycles. The summed E-state index contributed by atoms with van der Waals surface area (Å²) in [5.74, 6) is -0.210. The third-order valence-corrected chi connectivity index (χ3v) is 5.40. The van der Waals surface area contributed by atoms with E-state index in [0.717, 1.165) is 19.3 Å². The molecule has 0 bridgehead atoms. The van der Waals surface area contributed by atoms with Gasteiger partial charge in [0, 0.05) is 12.2 Å². The lowest BCUT2D eigenvalue weighted by Gasteiger charge is -2.34. The van der Waals surface area contributed by atoms with Gasteiger partial charge in [0.25, 0.3) is 0 Å². The number of carbonyl (C=O) groups excluding carboxylic acids is 3. The lowest BCUT2D eigenvalue weighted by molar-refractivity contribution is -0.147. The van der Waals surface area contributed by atoms with E-state index in [1.165, 1.54) is 5.56 Å². The predicted octanol–water partition coefficient (Wildman–Crippen LogP) is 0.967. The number of piperazine rings is 1. The number of nitrogens with two attached hydrogens (primary N) is 1. The van der Waals surface area contributed by atoms with Crippen molar-refractivity contribution in [2.24, 2.45) is 5.73 Å². The van der Waals surface area contributed by atoms with Crippen molar-refractivity contribution in [1.82, 2.24) is 15.5 Å². The Morgan fingerprint density at radius 3 is 2.68 bits per heavy atom. The predicted molar refractivity (Wildman–Crippen MR) is 107 cm³/mol. The van der Waals surface area contributed by atoms with Gasteiger partial charge in [0.15, 0.2) is 0 Å². The van der Waals surface area contributed by atoms with Crippen LogP contribution >= 0.6 is 0 Å². The monoisotopic (exact) mass is 387 g/mol. The number of nitrogens with zero attached hydrogens (tertiary/aromatic N) is 1. The number of fused-ring (bicyclic) bond motifs is 1. The first-order valence-electron chi connectivity index (χ1n) is 9.99. The molecule has 28 heavy (non-hydrogen) atoms. The molecular weight excluding hydrogens is 358 g/mol. The van der Waals surface area contributed by atoms with E-state index in [2.05, 4.69) is 22.9 Å². The highest BCUT2D eigenvalue weighted by Crippen LogP contribution is 2.24. The Morgan fingerprint density at radius 2 is 2.00 bits per heavy atom. The van der Waals surface area contributed by atoms with E-state index < -0.39 is 12.1 Å².